The van der Waals surface area contributed by atoms with E-state index in [4.69, 9.17) is 11.6 Å². The molecule has 0 aliphatic heterocycles. The van der Waals surface area contributed by atoms with Crippen LogP contribution in [0.2, 0.25) is 5.02 Å². The van der Waals surface area contributed by atoms with E-state index >= 15 is 0 Å². The maximum atomic E-state index is 11.3. The third-order valence-corrected chi connectivity index (χ3v) is 3.14. The molecule has 2 aromatic carbocycles. The number of non-ortho nitro benzene ring substituents is 1. The van der Waals surface area contributed by atoms with Crippen LogP contribution in [0.5, 0.6) is 0 Å². The quantitative estimate of drug-likeness (QED) is 0.479. The fraction of sp³-hybridized carbons (Fsp3) is 0.0667. The van der Waals surface area contributed by atoms with Crippen LogP contribution in [0.1, 0.15) is 5.56 Å². The zero-order valence-electron chi connectivity index (χ0n) is 11.8. The van der Waals surface area contributed by atoms with E-state index in [2.05, 4.69) is 10.5 Å². The van der Waals surface area contributed by atoms with Gasteiger partial charge in [-0.3, -0.25) is 15.5 Å². The molecule has 0 fully saturated rings. The van der Waals surface area contributed by atoms with Crippen molar-refractivity contribution in [1.29, 1.82) is 0 Å². The number of nitro benzene ring substituents is 1. The molecule has 7 nitrogen and oxygen atoms in total. The van der Waals surface area contributed by atoms with Crippen LogP contribution in [0.4, 0.5) is 11.4 Å². The smallest absolute Gasteiger partial charge is 0.352 e. The molecule has 0 spiro atoms. The Labute approximate surface area is 136 Å². The van der Waals surface area contributed by atoms with Crippen LogP contribution >= 0.6 is 11.6 Å². The maximum absolute atomic E-state index is 11.3. The van der Waals surface area contributed by atoms with Gasteiger partial charge < -0.3 is 5.11 Å². The van der Waals surface area contributed by atoms with Gasteiger partial charge in [0.05, 0.1) is 10.6 Å². The molecule has 2 aromatic rings. The van der Waals surface area contributed by atoms with Crippen molar-refractivity contribution in [1.82, 2.24) is 0 Å². The second kappa shape index (κ2) is 7.37. The van der Waals surface area contributed by atoms with E-state index in [1.165, 1.54) is 24.3 Å². The van der Waals surface area contributed by atoms with Crippen LogP contribution in [0.25, 0.3) is 0 Å². The zero-order valence-corrected chi connectivity index (χ0v) is 12.5. The number of nitrogens with one attached hydrogen (secondary N) is 1. The minimum Gasteiger partial charge on any atom is -0.477 e. The van der Waals surface area contributed by atoms with Crippen LogP contribution in [0.3, 0.4) is 0 Å². The molecule has 0 amide bonds. The van der Waals surface area contributed by atoms with Crippen LogP contribution in [-0.4, -0.2) is 21.7 Å². The fourth-order valence-electron chi connectivity index (χ4n) is 1.79. The third-order valence-electron chi connectivity index (χ3n) is 2.91. The summed E-state index contributed by atoms with van der Waals surface area (Å²) < 4.78 is 0. The van der Waals surface area contributed by atoms with Crippen LogP contribution in [-0.2, 0) is 11.2 Å². The first-order chi connectivity index (χ1) is 11.0. The molecule has 0 unspecified atom stereocenters. The molecule has 0 saturated heterocycles. The van der Waals surface area contributed by atoms with E-state index in [0.29, 0.717) is 16.3 Å². The number of anilines is 1. The van der Waals surface area contributed by atoms with E-state index in [9.17, 15) is 20.0 Å². The summed E-state index contributed by atoms with van der Waals surface area (Å²) in [6.45, 7) is 0. The maximum Gasteiger partial charge on any atom is 0.352 e. The van der Waals surface area contributed by atoms with Crippen LogP contribution in [0, 0.1) is 10.1 Å². The highest BCUT2D eigenvalue weighted by Crippen LogP contribution is 2.16. The summed E-state index contributed by atoms with van der Waals surface area (Å²) in [5, 5.41) is 24.1. The van der Waals surface area contributed by atoms with Crippen molar-refractivity contribution in [2.24, 2.45) is 5.10 Å². The first-order valence-electron chi connectivity index (χ1n) is 6.50. The average molecular weight is 334 g/mol. The Morgan fingerprint density at radius 1 is 1.26 bits per heavy atom. The second-order valence-corrected chi connectivity index (χ2v) is 5.02. The van der Waals surface area contributed by atoms with Gasteiger partial charge in [0.25, 0.3) is 5.69 Å². The molecule has 0 saturated carbocycles. The Balaban J connectivity index is 2.12. The van der Waals surface area contributed by atoms with Crippen molar-refractivity contribution >= 4 is 34.7 Å². The monoisotopic (exact) mass is 333 g/mol. The van der Waals surface area contributed by atoms with Crippen molar-refractivity contribution in [3.63, 3.8) is 0 Å². The van der Waals surface area contributed by atoms with Crippen molar-refractivity contribution in [3.05, 3.63) is 69.2 Å². The number of hydrazone groups is 1. The molecule has 0 bridgehead atoms. The summed E-state index contributed by atoms with van der Waals surface area (Å²) in [6, 6.07) is 12.3. The number of aliphatic carboxylic acids is 1. The van der Waals surface area contributed by atoms with Gasteiger partial charge in [-0.25, -0.2) is 4.79 Å². The Hall–Kier alpha value is -2.93. The van der Waals surface area contributed by atoms with E-state index in [0.717, 1.165) is 0 Å². The lowest BCUT2D eigenvalue weighted by Gasteiger charge is -2.05. The van der Waals surface area contributed by atoms with Crippen molar-refractivity contribution in [2.75, 3.05) is 5.43 Å². The van der Waals surface area contributed by atoms with E-state index in [1.54, 1.807) is 24.3 Å². The van der Waals surface area contributed by atoms with Crippen molar-refractivity contribution < 1.29 is 14.8 Å². The normalized spacial score (nSPS) is 11.1. The fourth-order valence-corrected chi connectivity index (χ4v) is 2.01. The number of hydrogen-bond acceptors (Lipinski definition) is 5. The number of halogens is 1. The molecule has 0 aliphatic rings. The Bertz CT molecular complexity index is 760. The van der Waals surface area contributed by atoms with Gasteiger partial charge in [-0.05, 0) is 29.8 Å². The Kier molecular flexibility index (Phi) is 5.27. The molecule has 0 aliphatic carbocycles. The molecule has 0 aromatic heterocycles. The van der Waals surface area contributed by atoms with Gasteiger partial charge in [-0.15, -0.1) is 0 Å². The highest BCUT2D eigenvalue weighted by Gasteiger charge is 2.11. The molecule has 118 valence electrons. The van der Waals surface area contributed by atoms with Gasteiger partial charge in [0, 0.05) is 23.6 Å². The summed E-state index contributed by atoms with van der Waals surface area (Å²) in [4.78, 5) is 21.3. The number of rotatable bonds is 6. The molecule has 2 rings (SSSR count). The molecule has 8 heteroatoms. The van der Waals surface area contributed by atoms with Crippen molar-refractivity contribution in [2.45, 2.75) is 6.42 Å². The van der Waals surface area contributed by atoms with E-state index in [-0.39, 0.29) is 17.8 Å². The number of carboxylic acid groups (broad SMARTS) is 1. The highest BCUT2D eigenvalue weighted by molar-refractivity contribution is 6.36. The van der Waals surface area contributed by atoms with Gasteiger partial charge in [0.2, 0.25) is 0 Å². The molecule has 2 N–H and O–H groups in total. The number of hydrogen-bond donors (Lipinski definition) is 2. The summed E-state index contributed by atoms with van der Waals surface area (Å²) in [6.07, 6.45) is 0.0931. The zero-order chi connectivity index (χ0) is 16.8. The minimum atomic E-state index is -1.17. The molecule has 0 radical (unpaired) electrons. The molecule has 0 atom stereocenters. The first kappa shape index (κ1) is 16.4. The predicted octanol–water partition coefficient (Wildman–Crippen LogP) is 3.34. The third kappa shape index (κ3) is 4.79. The van der Waals surface area contributed by atoms with E-state index in [1.807, 2.05) is 0 Å². The van der Waals surface area contributed by atoms with Gasteiger partial charge in [-0.2, -0.15) is 5.10 Å². The van der Waals surface area contributed by atoms with Crippen molar-refractivity contribution in [3.8, 4) is 0 Å². The highest BCUT2D eigenvalue weighted by atomic mass is 35.5. The predicted molar refractivity (Wildman–Crippen MR) is 86.9 cm³/mol. The lowest BCUT2D eigenvalue weighted by atomic mass is 10.1. The van der Waals surface area contributed by atoms with Crippen LogP contribution in [0.15, 0.2) is 53.6 Å². The van der Waals surface area contributed by atoms with E-state index < -0.39 is 10.9 Å². The van der Waals surface area contributed by atoms with Gasteiger partial charge in [-0.1, -0.05) is 23.7 Å². The van der Waals surface area contributed by atoms with Gasteiger partial charge in [0.15, 0.2) is 0 Å². The SMILES string of the molecule is O=C(O)C(Cc1cccc(Cl)c1)=NNc1ccc([N+](=O)[O-])cc1. The first-order valence-corrected chi connectivity index (χ1v) is 6.88. The molecule has 23 heavy (non-hydrogen) atoms. The molecular weight excluding hydrogens is 322 g/mol. The molecule has 0 heterocycles. The lowest BCUT2D eigenvalue weighted by Crippen LogP contribution is -2.17. The minimum absolute atomic E-state index is 0.0584. The second-order valence-electron chi connectivity index (χ2n) is 4.59. The average Bonchev–Trinajstić information content (AvgIpc) is 2.51. The number of nitro groups is 1. The van der Waals surface area contributed by atoms with Crippen LogP contribution < -0.4 is 5.43 Å². The number of benzene rings is 2. The standard InChI is InChI=1S/C15H12ClN3O4/c16-11-3-1-2-10(8-11)9-14(15(20)21)18-17-12-4-6-13(7-5-12)19(22)23/h1-8,17H,9H2,(H,20,21). The topological polar surface area (TPSA) is 105 Å². The summed E-state index contributed by atoms with van der Waals surface area (Å²) >= 11 is 5.86. The summed E-state index contributed by atoms with van der Waals surface area (Å²) in [7, 11) is 0. The van der Waals surface area contributed by atoms with Gasteiger partial charge in [0.1, 0.15) is 5.71 Å². The summed E-state index contributed by atoms with van der Waals surface area (Å²) in [5.41, 5.74) is 3.57. The largest absolute Gasteiger partial charge is 0.477 e. The summed E-state index contributed by atoms with van der Waals surface area (Å²) in [5.74, 6) is -1.17. The number of carboxylic acids is 1. The Morgan fingerprint density at radius 3 is 2.52 bits per heavy atom. The number of carbonyl (C=O) groups is 1. The molecular formula is C15H12ClN3O4. The lowest BCUT2D eigenvalue weighted by molar-refractivity contribution is -0.384. The number of nitrogens with zero attached hydrogens (tertiary/aromatic N) is 2. The Morgan fingerprint density at radius 2 is 1.96 bits per heavy atom. The van der Waals surface area contributed by atoms with Gasteiger partial charge >= 0.3 is 5.97 Å².